The van der Waals surface area contributed by atoms with Crippen LogP contribution in [-0.4, -0.2) is 29.8 Å². The summed E-state index contributed by atoms with van der Waals surface area (Å²) >= 11 is 6.29. The molecule has 0 atom stereocenters. The van der Waals surface area contributed by atoms with Gasteiger partial charge in [-0.25, -0.2) is 14.8 Å². The SMILES string of the molecule is COC(=O)c1ccc2nc(-c3ccc4c(c3)OCO4)c(Cl)nc2c1. The number of ether oxygens (including phenoxy) is 3. The highest BCUT2D eigenvalue weighted by Crippen LogP contribution is 2.37. The second-order valence-corrected chi connectivity index (χ2v) is 5.48. The van der Waals surface area contributed by atoms with E-state index in [0.29, 0.717) is 33.8 Å². The smallest absolute Gasteiger partial charge is 0.337 e. The fourth-order valence-electron chi connectivity index (χ4n) is 2.51. The summed E-state index contributed by atoms with van der Waals surface area (Å²) in [4.78, 5) is 20.5. The van der Waals surface area contributed by atoms with Crippen molar-refractivity contribution in [1.29, 1.82) is 0 Å². The first-order valence-corrected chi connectivity index (χ1v) is 7.49. The van der Waals surface area contributed by atoms with Gasteiger partial charge in [0.2, 0.25) is 6.79 Å². The van der Waals surface area contributed by atoms with E-state index >= 15 is 0 Å². The molecule has 3 aromatic rings. The minimum Gasteiger partial charge on any atom is -0.465 e. The lowest BCUT2D eigenvalue weighted by Gasteiger charge is -2.07. The third-order valence-electron chi connectivity index (χ3n) is 3.69. The number of nitrogens with zero attached hydrogens (tertiary/aromatic N) is 2. The number of hydrogen-bond acceptors (Lipinski definition) is 6. The molecule has 0 aliphatic carbocycles. The fraction of sp³-hybridized carbons (Fsp3) is 0.118. The zero-order valence-electron chi connectivity index (χ0n) is 12.6. The lowest BCUT2D eigenvalue weighted by Crippen LogP contribution is -2.01. The van der Waals surface area contributed by atoms with Crippen molar-refractivity contribution in [2.24, 2.45) is 0 Å². The first-order valence-electron chi connectivity index (χ1n) is 7.11. The lowest BCUT2D eigenvalue weighted by atomic mass is 10.1. The predicted octanol–water partition coefficient (Wildman–Crippen LogP) is 3.47. The zero-order valence-corrected chi connectivity index (χ0v) is 13.3. The molecule has 0 fully saturated rings. The summed E-state index contributed by atoms with van der Waals surface area (Å²) in [5.41, 5.74) is 2.85. The van der Waals surface area contributed by atoms with Crippen molar-refractivity contribution in [3.63, 3.8) is 0 Å². The van der Waals surface area contributed by atoms with Crippen LogP contribution in [0.25, 0.3) is 22.3 Å². The Morgan fingerprint density at radius 2 is 1.92 bits per heavy atom. The van der Waals surface area contributed by atoms with Gasteiger partial charge in [-0.1, -0.05) is 11.6 Å². The summed E-state index contributed by atoms with van der Waals surface area (Å²) in [5.74, 6) is 0.896. The van der Waals surface area contributed by atoms with Gasteiger partial charge in [-0.15, -0.1) is 0 Å². The number of halogens is 1. The van der Waals surface area contributed by atoms with E-state index in [1.807, 2.05) is 12.1 Å². The van der Waals surface area contributed by atoms with Crippen LogP contribution in [0.4, 0.5) is 0 Å². The molecule has 0 bridgehead atoms. The fourth-order valence-corrected chi connectivity index (χ4v) is 2.75. The zero-order chi connectivity index (χ0) is 16.7. The van der Waals surface area contributed by atoms with E-state index in [4.69, 9.17) is 25.8 Å². The van der Waals surface area contributed by atoms with Gasteiger partial charge >= 0.3 is 5.97 Å². The van der Waals surface area contributed by atoms with E-state index in [2.05, 4.69) is 9.97 Å². The molecular formula is C17H11ClN2O4. The molecule has 0 radical (unpaired) electrons. The quantitative estimate of drug-likeness (QED) is 0.664. The van der Waals surface area contributed by atoms with E-state index in [-0.39, 0.29) is 11.9 Å². The number of benzene rings is 2. The van der Waals surface area contributed by atoms with Crippen LogP contribution in [0, 0.1) is 0 Å². The van der Waals surface area contributed by atoms with E-state index in [0.717, 1.165) is 5.56 Å². The number of rotatable bonds is 2. The van der Waals surface area contributed by atoms with Crippen molar-refractivity contribution in [3.05, 3.63) is 47.1 Å². The molecule has 1 aliphatic heterocycles. The van der Waals surface area contributed by atoms with Crippen LogP contribution in [0.2, 0.25) is 5.15 Å². The highest BCUT2D eigenvalue weighted by Gasteiger charge is 2.17. The van der Waals surface area contributed by atoms with Gasteiger partial charge in [0.05, 0.1) is 23.7 Å². The molecule has 1 aliphatic rings. The Morgan fingerprint density at radius 1 is 1.08 bits per heavy atom. The number of fused-ring (bicyclic) bond motifs is 2. The predicted molar refractivity (Wildman–Crippen MR) is 87.4 cm³/mol. The van der Waals surface area contributed by atoms with Gasteiger partial charge < -0.3 is 14.2 Å². The second-order valence-electron chi connectivity index (χ2n) is 5.13. The molecule has 0 amide bonds. The van der Waals surface area contributed by atoms with Gasteiger partial charge in [0, 0.05) is 5.56 Å². The van der Waals surface area contributed by atoms with Crippen LogP contribution in [0.3, 0.4) is 0 Å². The molecule has 7 heteroatoms. The third-order valence-corrected chi connectivity index (χ3v) is 3.95. The van der Waals surface area contributed by atoms with Crippen LogP contribution >= 0.6 is 11.6 Å². The van der Waals surface area contributed by atoms with Crippen molar-refractivity contribution in [3.8, 4) is 22.8 Å². The molecule has 0 saturated heterocycles. The maximum absolute atomic E-state index is 11.6. The van der Waals surface area contributed by atoms with Crippen LogP contribution < -0.4 is 9.47 Å². The van der Waals surface area contributed by atoms with Crippen LogP contribution in [-0.2, 0) is 4.74 Å². The van der Waals surface area contributed by atoms with Gasteiger partial charge in [-0.3, -0.25) is 0 Å². The normalized spacial score (nSPS) is 12.4. The van der Waals surface area contributed by atoms with Crippen molar-refractivity contribution in [2.45, 2.75) is 0 Å². The molecule has 4 rings (SSSR count). The van der Waals surface area contributed by atoms with E-state index < -0.39 is 5.97 Å². The Bertz CT molecular complexity index is 974. The molecular weight excluding hydrogens is 332 g/mol. The maximum Gasteiger partial charge on any atom is 0.337 e. The monoisotopic (exact) mass is 342 g/mol. The molecule has 120 valence electrons. The van der Waals surface area contributed by atoms with Crippen LogP contribution in [0.15, 0.2) is 36.4 Å². The van der Waals surface area contributed by atoms with Gasteiger partial charge in [0.1, 0.15) is 5.69 Å². The average molecular weight is 343 g/mol. The number of carbonyl (C=O) groups excluding carboxylic acids is 1. The highest BCUT2D eigenvalue weighted by atomic mass is 35.5. The van der Waals surface area contributed by atoms with Crippen LogP contribution in [0.5, 0.6) is 11.5 Å². The largest absolute Gasteiger partial charge is 0.465 e. The van der Waals surface area contributed by atoms with Crippen molar-refractivity contribution in [1.82, 2.24) is 9.97 Å². The first kappa shape index (κ1) is 14.7. The standard InChI is InChI=1S/C17H11ClN2O4/c1-22-17(21)10-2-4-11-12(6-10)20-16(18)15(19-11)9-3-5-13-14(7-9)24-8-23-13/h2-7H,8H2,1H3. The molecule has 6 nitrogen and oxygen atoms in total. The summed E-state index contributed by atoms with van der Waals surface area (Å²) in [6, 6.07) is 10.4. The minimum absolute atomic E-state index is 0.201. The summed E-state index contributed by atoms with van der Waals surface area (Å²) < 4.78 is 15.4. The van der Waals surface area contributed by atoms with E-state index in [9.17, 15) is 4.79 Å². The van der Waals surface area contributed by atoms with Gasteiger partial charge in [0.15, 0.2) is 16.7 Å². The topological polar surface area (TPSA) is 70.5 Å². The molecule has 2 aromatic carbocycles. The summed E-state index contributed by atoms with van der Waals surface area (Å²) in [5, 5.41) is 0.239. The molecule has 1 aromatic heterocycles. The Kier molecular flexibility index (Phi) is 3.46. The van der Waals surface area contributed by atoms with Gasteiger partial charge in [-0.05, 0) is 36.4 Å². The van der Waals surface area contributed by atoms with Crippen molar-refractivity contribution < 1.29 is 19.0 Å². The van der Waals surface area contributed by atoms with E-state index in [1.165, 1.54) is 7.11 Å². The minimum atomic E-state index is -0.435. The molecule has 0 saturated carbocycles. The third kappa shape index (κ3) is 2.41. The van der Waals surface area contributed by atoms with Crippen LogP contribution in [0.1, 0.15) is 10.4 Å². The lowest BCUT2D eigenvalue weighted by molar-refractivity contribution is 0.0601. The van der Waals surface area contributed by atoms with Crippen molar-refractivity contribution >= 4 is 28.6 Å². The molecule has 24 heavy (non-hydrogen) atoms. The molecule has 2 heterocycles. The average Bonchev–Trinajstić information content (AvgIpc) is 3.07. The summed E-state index contributed by atoms with van der Waals surface area (Å²) in [6.45, 7) is 0.201. The first-order chi connectivity index (χ1) is 11.7. The number of hydrogen-bond donors (Lipinski definition) is 0. The number of esters is 1. The highest BCUT2D eigenvalue weighted by molar-refractivity contribution is 6.32. The Labute approximate surface area is 142 Å². The molecule has 0 spiro atoms. The number of carbonyl (C=O) groups is 1. The maximum atomic E-state index is 11.6. The number of methoxy groups -OCH3 is 1. The van der Waals surface area contributed by atoms with E-state index in [1.54, 1.807) is 24.3 Å². The second kappa shape index (κ2) is 5.65. The number of aromatic nitrogens is 2. The molecule has 0 unspecified atom stereocenters. The Morgan fingerprint density at radius 3 is 2.75 bits per heavy atom. The summed E-state index contributed by atoms with van der Waals surface area (Å²) in [7, 11) is 1.33. The summed E-state index contributed by atoms with van der Waals surface area (Å²) in [6.07, 6.45) is 0. The van der Waals surface area contributed by atoms with Crippen molar-refractivity contribution in [2.75, 3.05) is 13.9 Å². The Hall–Kier alpha value is -2.86. The van der Waals surface area contributed by atoms with Gasteiger partial charge in [-0.2, -0.15) is 0 Å². The van der Waals surface area contributed by atoms with Gasteiger partial charge in [0.25, 0.3) is 0 Å². The Balaban J connectivity index is 1.82. The molecule has 0 N–H and O–H groups in total.